The maximum atomic E-state index is 13.1. The molecule has 21 heavy (non-hydrogen) atoms. The van der Waals surface area contributed by atoms with Crippen molar-refractivity contribution in [2.45, 2.75) is 63.5 Å². The first-order chi connectivity index (χ1) is 10.3. The summed E-state index contributed by atoms with van der Waals surface area (Å²) in [6, 6.07) is 1.03. The number of carbonyl (C=O) groups is 1. The molecular weight excluding hydrogens is 262 g/mol. The van der Waals surface area contributed by atoms with E-state index in [0.29, 0.717) is 23.9 Å². The summed E-state index contributed by atoms with van der Waals surface area (Å²) in [6.45, 7) is 4.38. The Morgan fingerprint density at radius 2 is 2.00 bits per heavy atom. The van der Waals surface area contributed by atoms with Crippen molar-refractivity contribution in [3.8, 4) is 0 Å². The molecule has 2 N–H and O–H groups in total. The van der Waals surface area contributed by atoms with Gasteiger partial charge in [-0.25, -0.2) is 0 Å². The first-order valence-electron chi connectivity index (χ1n) is 9.05. The van der Waals surface area contributed by atoms with E-state index < -0.39 is 0 Å². The summed E-state index contributed by atoms with van der Waals surface area (Å²) in [5, 5.41) is 6.99. The van der Waals surface area contributed by atoms with Crippen molar-refractivity contribution in [3.05, 3.63) is 0 Å². The molecule has 4 fully saturated rings. The zero-order chi connectivity index (χ0) is 14.3. The lowest BCUT2D eigenvalue weighted by Gasteiger charge is -2.39. The number of hydrogen-bond acceptors (Lipinski definition) is 3. The Bertz CT molecular complexity index is 413. The topological polar surface area (TPSA) is 44.4 Å². The molecule has 1 amide bonds. The van der Waals surface area contributed by atoms with Gasteiger partial charge in [0.2, 0.25) is 5.91 Å². The van der Waals surface area contributed by atoms with Gasteiger partial charge < -0.3 is 10.6 Å². The van der Waals surface area contributed by atoms with Crippen LogP contribution in [0.25, 0.3) is 0 Å². The summed E-state index contributed by atoms with van der Waals surface area (Å²) >= 11 is 0. The molecule has 0 aromatic rings. The lowest BCUT2D eigenvalue weighted by Crippen LogP contribution is -2.54. The summed E-state index contributed by atoms with van der Waals surface area (Å²) in [7, 11) is 0. The molecule has 4 nitrogen and oxygen atoms in total. The van der Waals surface area contributed by atoms with Crippen LogP contribution in [-0.4, -0.2) is 49.1 Å². The zero-order valence-corrected chi connectivity index (χ0v) is 13.1. The van der Waals surface area contributed by atoms with Crippen molar-refractivity contribution < 1.29 is 4.79 Å². The van der Waals surface area contributed by atoms with Crippen LogP contribution in [0.5, 0.6) is 0 Å². The summed E-state index contributed by atoms with van der Waals surface area (Å²) < 4.78 is 0. The van der Waals surface area contributed by atoms with E-state index in [2.05, 4.69) is 15.5 Å². The molecule has 1 saturated carbocycles. The zero-order valence-electron chi connectivity index (χ0n) is 13.1. The lowest BCUT2D eigenvalue weighted by molar-refractivity contribution is -0.135. The van der Waals surface area contributed by atoms with E-state index in [-0.39, 0.29) is 5.41 Å². The molecule has 2 unspecified atom stereocenters. The Morgan fingerprint density at radius 1 is 1.10 bits per heavy atom. The van der Waals surface area contributed by atoms with Crippen LogP contribution >= 0.6 is 0 Å². The molecule has 4 aliphatic rings. The number of piperidine rings is 1. The van der Waals surface area contributed by atoms with Crippen LogP contribution in [-0.2, 0) is 4.79 Å². The summed E-state index contributed by atoms with van der Waals surface area (Å²) in [4.78, 5) is 15.7. The fourth-order valence-electron chi connectivity index (χ4n) is 5.42. The van der Waals surface area contributed by atoms with Gasteiger partial charge in [-0.1, -0.05) is 19.3 Å². The number of amides is 1. The molecule has 0 spiro atoms. The van der Waals surface area contributed by atoms with Crippen molar-refractivity contribution in [3.63, 3.8) is 0 Å². The van der Waals surface area contributed by atoms with E-state index in [1.165, 1.54) is 51.6 Å². The molecule has 4 atom stereocenters. The van der Waals surface area contributed by atoms with E-state index in [0.717, 1.165) is 25.9 Å². The lowest BCUT2D eigenvalue weighted by atomic mass is 9.67. The Kier molecular flexibility index (Phi) is 3.70. The fourth-order valence-corrected chi connectivity index (χ4v) is 5.42. The smallest absolute Gasteiger partial charge is 0.228 e. The van der Waals surface area contributed by atoms with E-state index in [1.54, 1.807) is 0 Å². The second-order valence-corrected chi connectivity index (χ2v) is 7.70. The number of rotatable bonds is 2. The van der Waals surface area contributed by atoms with E-state index in [1.807, 2.05) is 0 Å². The van der Waals surface area contributed by atoms with Crippen LogP contribution in [0.15, 0.2) is 0 Å². The van der Waals surface area contributed by atoms with Crippen molar-refractivity contribution in [2.75, 3.05) is 26.2 Å². The van der Waals surface area contributed by atoms with Crippen LogP contribution in [0.1, 0.15) is 51.4 Å². The molecule has 118 valence electrons. The molecule has 0 radical (unpaired) electrons. The van der Waals surface area contributed by atoms with E-state index in [4.69, 9.17) is 0 Å². The monoisotopic (exact) mass is 291 g/mol. The van der Waals surface area contributed by atoms with Crippen LogP contribution in [0.2, 0.25) is 0 Å². The molecule has 1 aliphatic carbocycles. The highest BCUT2D eigenvalue weighted by atomic mass is 16.2. The second-order valence-electron chi connectivity index (χ2n) is 7.70. The van der Waals surface area contributed by atoms with Gasteiger partial charge in [0.05, 0.1) is 5.41 Å². The average Bonchev–Trinajstić information content (AvgIpc) is 3.12. The van der Waals surface area contributed by atoms with E-state index >= 15 is 0 Å². The summed E-state index contributed by atoms with van der Waals surface area (Å²) in [6.07, 6.45) is 9.98. The third-order valence-corrected chi connectivity index (χ3v) is 6.66. The van der Waals surface area contributed by atoms with Crippen LogP contribution in [0.3, 0.4) is 0 Å². The maximum Gasteiger partial charge on any atom is 0.228 e. The minimum absolute atomic E-state index is 0.0830. The predicted molar refractivity (Wildman–Crippen MR) is 83.0 cm³/mol. The number of hydrogen-bond donors (Lipinski definition) is 2. The van der Waals surface area contributed by atoms with Crippen LogP contribution in [0, 0.1) is 11.3 Å². The minimum atomic E-state index is -0.0830. The first-order valence-corrected chi connectivity index (χ1v) is 9.05. The SMILES string of the molecule is O=C(NC1CCN2CCCCC12)[C@@]12CCCC[C@H]1CNC2. The number of nitrogens with zero attached hydrogens (tertiary/aromatic N) is 1. The Morgan fingerprint density at radius 3 is 2.95 bits per heavy atom. The highest BCUT2D eigenvalue weighted by molar-refractivity contribution is 5.84. The molecular formula is C17H29N3O. The maximum absolute atomic E-state index is 13.1. The predicted octanol–water partition coefficient (Wildman–Crippen LogP) is 1.51. The molecule has 3 saturated heterocycles. The Balaban J connectivity index is 1.45. The molecule has 3 aliphatic heterocycles. The summed E-state index contributed by atoms with van der Waals surface area (Å²) in [5.41, 5.74) is -0.0830. The first kappa shape index (κ1) is 14.0. The van der Waals surface area contributed by atoms with Gasteiger partial charge in [-0.2, -0.15) is 0 Å². The van der Waals surface area contributed by atoms with Gasteiger partial charge in [-0.05, 0) is 51.1 Å². The molecule has 0 bridgehead atoms. The largest absolute Gasteiger partial charge is 0.351 e. The molecule has 0 aromatic carbocycles. The van der Waals surface area contributed by atoms with Crippen molar-refractivity contribution in [2.24, 2.45) is 11.3 Å². The van der Waals surface area contributed by atoms with Crippen LogP contribution in [0.4, 0.5) is 0 Å². The molecule has 3 heterocycles. The molecule has 4 rings (SSSR count). The quantitative estimate of drug-likeness (QED) is 0.810. The number of fused-ring (bicyclic) bond motifs is 2. The third-order valence-electron chi connectivity index (χ3n) is 6.66. The number of nitrogens with one attached hydrogen (secondary N) is 2. The van der Waals surface area contributed by atoms with Gasteiger partial charge in [0.15, 0.2) is 0 Å². The van der Waals surface area contributed by atoms with Gasteiger partial charge in [0.1, 0.15) is 0 Å². The van der Waals surface area contributed by atoms with E-state index in [9.17, 15) is 4.79 Å². The Labute approximate surface area is 128 Å². The highest BCUT2D eigenvalue weighted by Gasteiger charge is 2.51. The van der Waals surface area contributed by atoms with Crippen molar-refractivity contribution in [1.29, 1.82) is 0 Å². The molecule has 0 aromatic heterocycles. The van der Waals surface area contributed by atoms with Crippen molar-refractivity contribution in [1.82, 2.24) is 15.5 Å². The fraction of sp³-hybridized carbons (Fsp3) is 0.941. The standard InChI is InChI=1S/C17H29N3O/c21-16(17-8-3-1-5-13(17)11-18-12-17)19-14-7-10-20-9-4-2-6-15(14)20/h13-15,18H,1-12H2,(H,19,21)/t13-,14?,15?,17+/m0/s1. The highest BCUT2D eigenvalue weighted by Crippen LogP contribution is 2.44. The normalized spacial score (nSPS) is 43.3. The van der Waals surface area contributed by atoms with Gasteiger partial charge in [-0.3, -0.25) is 9.69 Å². The minimum Gasteiger partial charge on any atom is -0.351 e. The van der Waals surface area contributed by atoms with Gasteiger partial charge in [-0.15, -0.1) is 0 Å². The molecule has 4 heteroatoms. The van der Waals surface area contributed by atoms with Gasteiger partial charge in [0, 0.05) is 25.2 Å². The average molecular weight is 291 g/mol. The summed E-state index contributed by atoms with van der Waals surface area (Å²) in [5.74, 6) is 0.949. The number of carbonyl (C=O) groups excluding carboxylic acids is 1. The van der Waals surface area contributed by atoms with Gasteiger partial charge in [0.25, 0.3) is 0 Å². The Hall–Kier alpha value is -0.610. The van der Waals surface area contributed by atoms with Crippen molar-refractivity contribution >= 4 is 5.91 Å². The van der Waals surface area contributed by atoms with Gasteiger partial charge >= 0.3 is 0 Å². The van der Waals surface area contributed by atoms with Crippen LogP contribution < -0.4 is 10.6 Å². The third kappa shape index (κ3) is 2.31. The second kappa shape index (κ2) is 5.54.